The molecule has 0 bridgehead atoms. The summed E-state index contributed by atoms with van der Waals surface area (Å²) in [5.74, 6) is 1.38. The summed E-state index contributed by atoms with van der Waals surface area (Å²) in [6.45, 7) is 9.11. The van der Waals surface area contributed by atoms with Gasteiger partial charge in [0.05, 0.1) is 17.6 Å². The number of hydrogen-bond donors (Lipinski definition) is 0. The lowest BCUT2D eigenvalue weighted by Gasteiger charge is -2.16. The minimum atomic E-state index is -0.0367. The molecule has 1 heterocycles. The molecule has 0 unspecified atom stereocenters. The van der Waals surface area contributed by atoms with Gasteiger partial charge in [0.15, 0.2) is 11.5 Å². The molecule has 6 heteroatoms. The molecule has 130 valence electrons. The molecule has 1 atom stereocenters. The smallest absolute Gasteiger partial charge is 0.266 e. The third kappa shape index (κ3) is 4.30. The molecule has 0 aromatic heterocycles. The summed E-state index contributed by atoms with van der Waals surface area (Å²) in [6, 6.07) is 5.72. The Labute approximate surface area is 153 Å². The summed E-state index contributed by atoms with van der Waals surface area (Å²) in [6.07, 6.45) is 2.90. The van der Waals surface area contributed by atoms with Crippen molar-refractivity contribution < 1.29 is 14.3 Å². The van der Waals surface area contributed by atoms with E-state index in [2.05, 4.69) is 6.92 Å². The summed E-state index contributed by atoms with van der Waals surface area (Å²) < 4.78 is 12.2. The normalized spacial score (nSPS) is 17.5. The number of rotatable bonds is 7. The first-order valence-electron chi connectivity index (χ1n) is 8.18. The van der Waals surface area contributed by atoms with Crippen LogP contribution in [0.5, 0.6) is 11.5 Å². The molecule has 1 fully saturated rings. The van der Waals surface area contributed by atoms with Crippen LogP contribution in [0.1, 0.15) is 39.7 Å². The van der Waals surface area contributed by atoms with E-state index in [0.29, 0.717) is 28.1 Å². The second-order valence-corrected chi connectivity index (χ2v) is 7.08. The number of carbonyl (C=O) groups is 1. The molecule has 1 aromatic carbocycles. The first-order chi connectivity index (χ1) is 11.5. The van der Waals surface area contributed by atoms with Gasteiger partial charge in [0.1, 0.15) is 4.32 Å². The third-order valence-corrected chi connectivity index (χ3v) is 5.04. The molecule has 1 aliphatic heterocycles. The zero-order valence-corrected chi connectivity index (χ0v) is 16.1. The van der Waals surface area contributed by atoms with Crippen molar-refractivity contribution in [3.63, 3.8) is 0 Å². The summed E-state index contributed by atoms with van der Waals surface area (Å²) in [7, 11) is 0. The van der Waals surface area contributed by atoms with Gasteiger partial charge in [-0.05, 0) is 51.0 Å². The Morgan fingerprint density at radius 1 is 1.29 bits per heavy atom. The Kier molecular flexibility index (Phi) is 6.69. The molecule has 1 aromatic rings. The Morgan fingerprint density at radius 2 is 2.04 bits per heavy atom. The Balaban J connectivity index is 2.28. The van der Waals surface area contributed by atoms with E-state index >= 15 is 0 Å². The van der Waals surface area contributed by atoms with Crippen molar-refractivity contribution in [2.24, 2.45) is 0 Å². The Hall–Kier alpha value is -1.53. The number of amides is 1. The van der Waals surface area contributed by atoms with Crippen molar-refractivity contribution in [1.29, 1.82) is 0 Å². The van der Waals surface area contributed by atoms with Crippen LogP contribution < -0.4 is 9.47 Å². The number of thiocarbonyl (C=S) groups is 1. The van der Waals surface area contributed by atoms with Gasteiger partial charge in [-0.3, -0.25) is 9.69 Å². The van der Waals surface area contributed by atoms with E-state index in [9.17, 15) is 4.79 Å². The Bertz CT molecular complexity index is 658. The largest absolute Gasteiger partial charge is 0.490 e. The van der Waals surface area contributed by atoms with Gasteiger partial charge < -0.3 is 9.47 Å². The van der Waals surface area contributed by atoms with Gasteiger partial charge in [-0.15, -0.1) is 0 Å². The van der Waals surface area contributed by atoms with Crippen LogP contribution in [-0.2, 0) is 4.79 Å². The van der Waals surface area contributed by atoms with Gasteiger partial charge in [-0.1, -0.05) is 37.0 Å². The quantitative estimate of drug-likeness (QED) is 0.526. The predicted molar refractivity (Wildman–Crippen MR) is 104 cm³/mol. The fourth-order valence-corrected chi connectivity index (χ4v) is 3.59. The van der Waals surface area contributed by atoms with Gasteiger partial charge >= 0.3 is 0 Å². The maximum Gasteiger partial charge on any atom is 0.266 e. The maximum absolute atomic E-state index is 12.3. The molecule has 1 amide bonds. The number of carbonyl (C=O) groups excluding carboxylic acids is 1. The summed E-state index contributed by atoms with van der Waals surface area (Å²) >= 11 is 6.58. The Morgan fingerprint density at radius 3 is 2.62 bits per heavy atom. The fraction of sp³-hybridized carbons (Fsp3) is 0.444. The topological polar surface area (TPSA) is 38.8 Å². The summed E-state index contributed by atoms with van der Waals surface area (Å²) in [5, 5.41) is 0. The first-order valence-corrected chi connectivity index (χ1v) is 9.41. The highest BCUT2D eigenvalue weighted by Crippen LogP contribution is 2.35. The fourth-order valence-electron chi connectivity index (χ4n) is 2.20. The average molecular weight is 366 g/mol. The highest BCUT2D eigenvalue weighted by Gasteiger charge is 2.30. The van der Waals surface area contributed by atoms with Gasteiger partial charge in [-0.2, -0.15) is 0 Å². The number of hydrogen-bond acceptors (Lipinski definition) is 5. The molecule has 24 heavy (non-hydrogen) atoms. The van der Waals surface area contributed by atoms with Gasteiger partial charge in [0.25, 0.3) is 5.91 Å². The lowest BCUT2D eigenvalue weighted by molar-refractivity contribution is -0.121. The molecule has 0 aliphatic carbocycles. The molecule has 1 aliphatic rings. The number of likely N-dealkylation sites (N-methyl/N-ethyl adjacent to an activating group) is 1. The van der Waals surface area contributed by atoms with E-state index in [4.69, 9.17) is 21.7 Å². The number of thioether (sulfide) groups is 1. The van der Waals surface area contributed by atoms with Crippen LogP contribution in [0.25, 0.3) is 6.08 Å². The monoisotopic (exact) mass is 365 g/mol. The molecule has 4 nitrogen and oxygen atoms in total. The SMILES string of the molecule is CCOc1cc(/C=C2\SC(=S)N(CC)C2=O)ccc1O[C@H](C)CC. The third-order valence-electron chi connectivity index (χ3n) is 3.66. The van der Waals surface area contributed by atoms with Crippen molar-refractivity contribution in [2.45, 2.75) is 40.2 Å². The molecular weight excluding hydrogens is 342 g/mol. The second kappa shape index (κ2) is 8.53. The highest BCUT2D eigenvalue weighted by atomic mass is 32.2. The zero-order chi connectivity index (χ0) is 17.7. The van der Waals surface area contributed by atoms with Gasteiger partial charge in [0, 0.05) is 6.54 Å². The summed E-state index contributed by atoms with van der Waals surface area (Å²) in [4.78, 5) is 14.6. The van der Waals surface area contributed by atoms with E-state index < -0.39 is 0 Å². The first kappa shape index (κ1) is 18.8. The number of benzene rings is 1. The standard InChI is InChI=1S/C18H23NO3S2/c1-5-12(4)22-14-9-8-13(10-15(14)21-7-3)11-16-17(20)19(6-2)18(23)24-16/h8-12H,5-7H2,1-4H3/b16-11-/t12-/m1/s1. The van der Waals surface area contributed by atoms with Gasteiger partial charge in [0.2, 0.25) is 0 Å². The van der Waals surface area contributed by atoms with Crippen molar-refractivity contribution in [2.75, 3.05) is 13.2 Å². The predicted octanol–water partition coefficient (Wildman–Crippen LogP) is 4.48. The lowest BCUT2D eigenvalue weighted by Crippen LogP contribution is -2.27. The molecule has 2 rings (SSSR count). The van der Waals surface area contributed by atoms with Crippen molar-refractivity contribution in [1.82, 2.24) is 4.90 Å². The van der Waals surface area contributed by atoms with Crippen LogP contribution in [0.4, 0.5) is 0 Å². The van der Waals surface area contributed by atoms with E-state index in [1.165, 1.54) is 11.8 Å². The molecular formula is C18H23NO3S2. The molecule has 0 N–H and O–H groups in total. The van der Waals surface area contributed by atoms with Crippen molar-refractivity contribution in [3.05, 3.63) is 28.7 Å². The van der Waals surface area contributed by atoms with Crippen LogP contribution in [0.3, 0.4) is 0 Å². The highest BCUT2D eigenvalue weighted by molar-refractivity contribution is 8.26. The van der Waals surface area contributed by atoms with Crippen LogP contribution >= 0.6 is 24.0 Å². The van der Waals surface area contributed by atoms with Crippen LogP contribution in [0, 0.1) is 0 Å². The van der Waals surface area contributed by atoms with E-state index in [0.717, 1.165) is 17.7 Å². The molecule has 0 saturated carbocycles. The second-order valence-electron chi connectivity index (χ2n) is 5.40. The summed E-state index contributed by atoms with van der Waals surface area (Å²) in [5.41, 5.74) is 0.895. The average Bonchev–Trinajstić information content (AvgIpc) is 2.83. The molecule has 0 radical (unpaired) electrons. The minimum Gasteiger partial charge on any atom is -0.490 e. The van der Waals surface area contributed by atoms with Crippen molar-refractivity contribution >= 4 is 40.3 Å². The van der Waals surface area contributed by atoms with Crippen LogP contribution in [0.2, 0.25) is 0 Å². The van der Waals surface area contributed by atoms with Crippen molar-refractivity contribution in [3.8, 4) is 11.5 Å². The maximum atomic E-state index is 12.3. The molecule has 1 saturated heterocycles. The van der Waals surface area contributed by atoms with E-state index in [1.807, 2.05) is 45.0 Å². The van der Waals surface area contributed by atoms with Gasteiger partial charge in [-0.25, -0.2) is 0 Å². The number of nitrogens with zero attached hydrogens (tertiary/aromatic N) is 1. The van der Waals surface area contributed by atoms with E-state index in [-0.39, 0.29) is 12.0 Å². The van der Waals surface area contributed by atoms with Crippen LogP contribution in [-0.4, -0.2) is 34.4 Å². The zero-order valence-electron chi connectivity index (χ0n) is 14.5. The lowest BCUT2D eigenvalue weighted by atomic mass is 10.1. The van der Waals surface area contributed by atoms with E-state index in [1.54, 1.807) is 4.90 Å². The van der Waals surface area contributed by atoms with Crippen LogP contribution in [0.15, 0.2) is 23.1 Å². The molecule has 0 spiro atoms. The minimum absolute atomic E-state index is 0.0367. The number of ether oxygens (including phenoxy) is 2.